The number of carbonyl (C=O) groups is 1. The molecule has 1 unspecified atom stereocenters. The van der Waals surface area contributed by atoms with Crippen LogP contribution in [0.3, 0.4) is 0 Å². The Balaban J connectivity index is 1.88. The maximum absolute atomic E-state index is 12.9. The minimum Gasteiger partial charge on any atom is -0.395 e. The van der Waals surface area contributed by atoms with Crippen molar-refractivity contribution in [2.75, 3.05) is 18.6 Å². The molecule has 0 aliphatic heterocycles. The normalized spacial score (nSPS) is 14.1. The standard InChI is InChI=1S/C20H18F3N5O3S/c1-27-11-14-17-16(8-7-15(24-17)19(30)26-32(2,31)10-9-29)28(18(14)25-27)13-5-3-12(4-6-13)20(21,22)23/h3-8,11,29H,9-10H2,1-2H3. The Morgan fingerprint density at radius 3 is 2.50 bits per heavy atom. The summed E-state index contributed by atoms with van der Waals surface area (Å²) in [4.78, 5) is 16.9. The number of aliphatic hydroxyl groups excluding tert-OH is 1. The number of carbonyl (C=O) groups excluding carboxylic acids is 1. The highest BCUT2D eigenvalue weighted by Gasteiger charge is 2.30. The predicted octanol–water partition coefficient (Wildman–Crippen LogP) is 3.16. The van der Waals surface area contributed by atoms with Crippen LogP contribution in [0.2, 0.25) is 0 Å². The molecule has 32 heavy (non-hydrogen) atoms. The number of fused-ring (bicyclic) bond motifs is 3. The summed E-state index contributed by atoms with van der Waals surface area (Å²) in [6.07, 6.45) is -1.49. The van der Waals surface area contributed by atoms with Gasteiger partial charge in [0.05, 0.1) is 38.6 Å². The van der Waals surface area contributed by atoms with Gasteiger partial charge in [-0.25, -0.2) is 9.19 Å². The molecule has 3 heterocycles. The molecule has 1 N–H and O–H groups in total. The minimum absolute atomic E-state index is 0.0414. The molecule has 1 aromatic carbocycles. The van der Waals surface area contributed by atoms with Gasteiger partial charge in [0.15, 0.2) is 5.65 Å². The summed E-state index contributed by atoms with van der Waals surface area (Å²) in [6.45, 7) is -0.370. The van der Waals surface area contributed by atoms with Crippen LogP contribution >= 0.6 is 0 Å². The van der Waals surface area contributed by atoms with Crippen molar-refractivity contribution in [1.82, 2.24) is 19.3 Å². The zero-order valence-electron chi connectivity index (χ0n) is 17.0. The molecule has 1 atom stereocenters. The summed E-state index contributed by atoms with van der Waals surface area (Å²) in [5, 5.41) is 14.0. The van der Waals surface area contributed by atoms with E-state index in [0.29, 0.717) is 27.8 Å². The van der Waals surface area contributed by atoms with Gasteiger partial charge in [0.25, 0.3) is 0 Å². The first-order valence-corrected chi connectivity index (χ1v) is 11.5. The third-order valence-corrected chi connectivity index (χ3v) is 6.30. The number of rotatable bonds is 4. The molecule has 0 saturated heterocycles. The van der Waals surface area contributed by atoms with Gasteiger partial charge >= 0.3 is 12.1 Å². The first-order chi connectivity index (χ1) is 15.0. The van der Waals surface area contributed by atoms with Crippen LogP contribution in [0.15, 0.2) is 47.0 Å². The highest BCUT2D eigenvalue weighted by Crippen LogP contribution is 2.33. The van der Waals surface area contributed by atoms with Crippen molar-refractivity contribution in [3.8, 4) is 5.69 Å². The van der Waals surface area contributed by atoms with Crippen LogP contribution in [-0.2, 0) is 23.0 Å². The van der Waals surface area contributed by atoms with E-state index in [0.717, 1.165) is 12.1 Å². The number of hydrogen-bond donors (Lipinski definition) is 1. The van der Waals surface area contributed by atoms with Crippen LogP contribution in [0, 0.1) is 0 Å². The topological polar surface area (TPSA) is 102 Å². The minimum atomic E-state index is -4.45. The van der Waals surface area contributed by atoms with Gasteiger partial charge in [-0.1, -0.05) is 0 Å². The van der Waals surface area contributed by atoms with Gasteiger partial charge in [0.2, 0.25) is 0 Å². The van der Waals surface area contributed by atoms with Crippen molar-refractivity contribution in [1.29, 1.82) is 0 Å². The van der Waals surface area contributed by atoms with Crippen LogP contribution in [0.25, 0.3) is 27.8 Å². The van der Waals surface area contributed by atoms with Gasteiger partial charge in [-0.3, -0.25) is 14.0 Å². The van der Waals surface area contributed by atoms with E-state index in [-0.39, 0.29) is 18.1 Å². The number of aliphatic hydroxyl groups is 1. The number of halogens is 3. The van der Waals surface area contributed by atoms with Gasteiger partial charge in [-0.05, 0) is 36.4 Å². The fourth-order valence-electron chi connectivity index (χ4n) is 3.37. The van der Waals surface area contributed by atoms with E-state index in [1.807, 2.05) is 0 Å². The molecule has 12 heteroatoms. The van der Waals surface area contributed by atoms with E-state index in [1.165, 1.54) is 29.1 Å². The second-order valence-electron chi connectivity index (χ2n) is 7.27. The van der Waals surface area contributed by atoms with E-state index in [2.05, 4.69) is 14.4 Å². The van der Waals surface area contributed by atoms with Crippen LogP contribution in [0.1, 0.15) is 16.1 Å². The number of aromatic nitrogens is 4. The van der Waals surface area contributed by atoms with Crippen molar-refractivity contribution < 1.29 is 27.3 Å². The lowest BCUT2D eigenvalue weighted by atomic mass is 10.2. The first kappa shape index (κ1) is 22.0. The van der Waals surface area contributed by atoms with E-state index in [9.17, 15) is 22.2 Å². The highest BCUT2D eigenvalue weighted by molar-refractivity contribution is 7.93. The van der Waals surface area contributed by atoms with E-state index in [4.69, 9.17) is 5.11 Å². The maximum atomic E-state index is 12.9. The first-order valence-electron chi connectivity index (χ1n) is 9.37. The molecule has 4 rings (SSSR count). The SMILES string of the molecule is Cn1cc2c3nc(C(=O)N=S(C)(=O)CCO)ccc3n(-c3ccc(C(F)(F)F)cc3)c2n1. The van der Waals surface area contributed by atoms with Crippen LogP contribution in [0.5, 0.6) is 0 Å². The summed E-state index contributed by atoms with van der Waals surface area (Å²) in [5.41, 5.74) is 1.03. The van der Waals surface area contributed by atoms with E-state index >= 15 is 0 Å². The molecule has 0 spiro atoms. The lowest BCUT2D eigenvalue weighted by Gasteiger charge is -2.10. The Hall–Kier alpha value is -3.25. The number of aryl methyl sites for hydroxylation is 1. The molecular formula is C20H18F3N5O3S. The molecule has 168 valence electrons. The van der Waals surface area contributed by atoms with Crippen molar-refractivity contribution in [2.45, 2.75) is 6.18 Å². The molecule has 0 aliphatic carbocycles. The highest BCUT2D eigenvalue weighted by atomic mass is 32.2. The molecule has 0 saturated carbocycles. The molecule has 3 aromatic heterocycles. The zero-order chi connectivity index (χ0) is 23.3. The molecule has 0 radical (unpaired) electrons. The third-order valence-electron chi connectivity index (χ3n) is 4.81. The number of benzene rings is 1. The van der Waals surface area contributed by atoms with Crippen LogP contribution in [0.4, 0.5) is 13.2 Å². The van der Waals surface area contributed by atoms with E-state index in [1.54, 1.807) is 23.9 Å². The van der Waals surface area contributed by atoms with Crippen molar-refractivity contribution in [3.63, 3.8) is 0 Å². The largest absolute Gasteiger partial charge is 0.416 e. The number of alkyl halides is 3. The zero-order valence-corrected chi connectivity index (χ0v) is 17.8. The molecule has 8 nitrogen and oxygen atoms in total. The summed E-state index contributed by atoms with van der Waals surface area (Å²) < 4.78 is 58.0. The fourth-order valence-corrected chi connectivity index (χ4v) is 4.24. The number of nitrogens with zero attached hydrogens (tertiary/aromatic N) is 5. The van der Waals surface area contributed by atoms with Gasteiger partial charge < -0.3 is 5.11 Å². The Labute approximate surface area is 180 Å². The summed E-state index contributed by atoms with van der Waals surface area (Å²) in [7, 11) is -1.21. The Morgan fingerprint density at radius 1 is 1.19 bits per heavy atom. The van der Waals surface area contributed by atoms with E-state index < -0.39 is 27.4 Å². The summed E-state index contributed by atoms with van der Waals surface area (Å²) in [5.74, 6) is -0.926. The van der Waals surface area contributed by atoms with Gasteiger partial charge in [-0.2, -0.15) is 22.6 Å². The number of hydrogen-bond acceptors (Lipinski definition) is 5. The van der Waals surface area contributed by atoms with Crippen LogP contribution in [-0.4, -0.2) is 53.2 Å². The second kappa shape index (κ2) is 7.71. The van der Waals surface area contributed by atoms with Gasteiger partial charge in [-0.15, -0.1) is 0 Å². The lowest BCUT2D eigenvalue weighted by Crippen LogP contribution is -2.11. The molecule has 0 fully saturated rings. The smallest absolute Gasteiger partial charge is 0.395 e. The van der Waals surface area contributed by atoms with Crippen molar-refractivity contribution in [3.05, 3.63) is 53.9 Å². The predicted molar refractivity (Wildman–Crippen MR) is 113 cm³/mol. The second-order valence-corrected chi connectivity index (χ2v) is 9.78. The molecular weight excluding hydrogens is 447 g/mol. The average molecular weight is 465 g/mol. The molecule has 1 amide bonds. The Bertz CT molecular complexity index is 1460. The molecule has 0 bridgehead atoms. The average Bonchev–Trinajstić information content (AvgIpc) is 3.21. The van der Waals surface area contributed by atoms with Crippen molar-refractivity contribution in [2.24, 2.45) is 11.4 Å². The van der Waals surface area contributed by atoms with Crippen molar-refractivity contribution >= 4 is 37.7 Å². The summed E-state index contributed by atoms with van der Waals surface area (Å²) in [6, 6.07) is 7.65. The monoisotopic (exact) mass is 465 g/mol. The van der Waals surface area contributed by atoms with Gasteiger partial charge in [0, 0.05) is 25.2 Å². The Morgan fingerprint density at radius 2 is 1.88 bits per heavy atom. The fraction of sp³-hybridized carbons (Fsp3) is 0.250. The quantitative estimate of drug-likeness (QED) is 0.499. The number of pyridine rings is 1. The summed E-state index contributed by atoms with van der Waals surface area (Å²) >= 11 is 0. The number of amides is 1. The maximum Gasteiger partial charge on any atom is 0.416 e. The van der Waals surface area contributed by atoms with Crippen LogP contribution < -0.4 is 0 Å². The molecule has 0 aliphatic rings. The third kappa shape index (κ3) is 3.98. The lowest BCUT2D eigenvalue weighted by molar-refractivity contribution is -0.137. The molecule has 4 aromatic rings. The Kier molecular flexibility index (Phi) is 5.29. The van der Waals surface area contributed by atoms with Gasteiger partial charge in [0.1, 0.15) is 11.2 Å².